The zero-order chi connectivity index (χ0) is 16.4. The Bertz CT molecular complexity index is 274. The zero-order valence-corrected chi connectivity index (χ0v) is 11.9. The molecule has 2 unspecified atom stereocenters. The minimum Gasteiger partial charge on any atom is -0.171 e. The van der Waals surface area contributed by atoms with Gasteiger partial charge in [-0.3, -0.25) is 0 Å². The molecule has 2 N–H and O–H groups in total. The molecule has 0 aromatic heterocycles. The first kappa shape index (κ1) is 22.0. The molecule has 0 fully saturated rings. The van der Waals surface area contributed by atoms with E-state index in [-0.39, 0.29) is 25.2 Å². The van der Waals surface area contributed by atoms with Crippen LogP contribution < -0.4 is 0 Å². The molecule has 0 aliphatic carbocycles. The quantitative estimate of drug-likeness (QED) is 0.558. The Labute approximate surface area is 112 Å². The molecule has 0 rings (SSSR count). The number of rotatable bonds is 6. The van der Waals surface area contributed by atoms with Crippen LogP contribution >= 0.6 is 16.1 Å². The molecule has 120 valence electrons. The van der Waals surface area contributed by atoms with Gasteiger partial charge in [0.2, 0.25) is 0 Å². The van der Waals surface area contributed by atoms with Crippen molar-refractivity contribution in [2.45, 2.75) is 38.0 Å². The molecule has 0 aromatic rings. The molecule has 12 heteroatoms. The van der Waals surface area contributed by atoms with Crippen LogP contribution in [0, 0.1) is 0 Å². The predicted molar refractivity (Wildman–Crippen MR) is 60.0 cm³/mol. The summed E-state index contributed by atoms with van der Waals surface area (Å²) in [5.41, 5.74) is 0. The highest BCUT2D eigenvalue weighted by Crippen LogP contribution is 2.25. The summed E-state index contributed by atoms with van der Waals surface area (Å²) in [7, 11) is -4.81. The Morgan fingerprint density at radius 3 is 1.10 bits per heavy atom. The standard InChI is InChI=1S/2C4H6F3O2P/c2*5-4(6,7)2-1-3-10(8)9/h2*1-3H2/p+2. The molecular weight excluding hydrogens is 336 g/mol. The summed E-state index contributed by atoms with van der Waals surface area (Å²) in [5, 5.41) is 0. The van der Waals surface area contributed by atoms with Gasteiger partial charge in [0.25, 0.3) is 0 Å². The van der Waals surface area contributed by atoms with Crippen LogP contribution in [0.25, 0.3) is 0 Å². The third kappa shape index (κ3) is 26.3. The lowest BCUT2D eigenvalue weighted by molar-refractivity contribution is -0.135. The Kier molecular flexibility index (Phi) is 11.5. The van der Waals surface area contributed by atoms with E-state index in [1.54, 1.807) is 0 Å². The largest absolute Gasteiger partial charge is 0.505 e. The summed E-state index contributed by atoms with van der Waals surface area (Å²) in [5.74, 6) is 0. The first-order chi connectivity index (χ1) is 8.83. The maximum absolute atomic E-state index is 11.3. The highest BCUT2D eigenvalue weighted by Gasteiger charge is 2.28. The van der Waals surface area contributed by atoms with E-state index in [4.69, 9.17) is 9.79 Å². The second-order valence-electron chi connectivity index (χ2n) is 3.59. The Morgan fingerprint density at radius 2 is 0.950 bits per heavy atom. The minimum atomic E-state index is -4.20. The van der Waals surface area contributed by atoms with Crippen LogP contribution in [0.2, 0.25) is 0 Å². The first-order valence-electron chi connectivity index (χ1n) is 5.24. The number of halogens is 6. The molecule has 0 spiro atoms. The molecule has 0 saturated carbocycles. The van der Waals surface area contributed by atoms with Crippen molar-refractivity contribution in [1.29, 1.82) is 0 Å². The zero-order valence-electron chi connectivity index (χ0n) is 10.1. The van der Waals surface area contributed by atoms with Crippen LogP contribution in [0.5, 0.6) is 0 Å². The second kappa shape index (κ2) is 10.4. The van der Waals surface area contributed by atoms with Crippen LogP contribution in [0.3, 0.4) is 0 Å². The summed E-state index contributed by atoms with van der Waals surface area (Å²) in [4.78, 5) is 16.2. The van der Waals surface area contributed by atoms with Gasteiger partial charge in [0.05, 0.1) is 0 Å². The average molecular weight is 350 g/mol. The summed E-state index contributed by atoms with van der Waals surface area (Å²) in [6, 6.07) is 0. The second-order valence-corrected chi connectivity index (χ2v) is 5.89. The summed E-state index contributed by atoms with van der Waals surface area (Å²) in [6.45, 7) is 0. The van der Waals surface area contributed by atoms with Crippen LogP contribution in [-0.4, -0.2) is 34.5 Å². The van der Waals surface area contributed by atoms with Gasteiger partial charge in [-0.2, -0.15) is 36.1 Å². The lowest BCUT2D eigenvalue weighted by atomic mass is 10.3. The molecule has 0 saturated heterocycles. The average Bonchev–Trinajstić information content (AvgIpc) is 2.12. The van der Waals surface area contributed by atoms with Crippen molar-refractivity contribution in [2.24, 2.45) is 0 Å². The Balaban J connectivity index is 0. The van der Waals surface area contributed by atoms with Crippen molar-refractivity contribution in [3.05, 3.63) is 0 Å². The Hall–Kier alpha value is -0.300. The fourth-order valence-electron chi connectivity index (χ4n) is 0.830. The van der Waals surface area contributed by atoms with E-state index in [9.17, 15) is 35.5 Å². The van der Waals surface area contributed by atoms with E-state index in [1.165, 1.54) is 0 Å². The first-order valence-corrected chi connectivity index (χ1v) is 8.03. The van der Waals surface area contributed by atoms with Crippen molar-refractivity contribution in [3.63, 3.8) is 0 Å². The van der Waals surface area contributed by atoms with Crippen LogP contribution in [0.15, 0.2) is 0 Å². The van der Waals surface area contributed by atoms with Gasteiger partial charge in [0, 0.05) is 25.7 Å². The molecule has 0 aromatic carbocycles. The van der Waals surface area contributed by atoms with E-state index in [1.807, 2.05) is 0 Å². The molecule has 0 radical (unpaired) electrons. The third-order valence-corrected chi connectivity index (χ3v) is 3.02. The SMILES string of the molecule is O=[P+](O)CCCC(F)(F)F.O=[P+](O)CCCC(F)(F)F. The Morgan fingerprint density at radius 1 is 0.700 bits per heavy atom. The predicted octanol–water partition coefficient (Wildman–Crippen LogP) is 4.13. The fourth-order valence-corrected chi connectivity index (χ4v) is 1.69. The maximum Gasteiger partial charge on any atom is 0.505 e. The van der Waals surface area contributed by atoms with Crippen LogP contribution in [0.1, 0.15) is 25.7 Å². The topological polar surface area (TPSA) is 74.6 Å². The molecule has 2 atom stereocenters. The van der Waals surface area contributed by atoms with Crippen molar-refractivity contribution in [3.8, 4) is 0 Å². The number of hydrogen-bond acceptors (Lipinski definition) is 2. The highest BCUT2D eigenvalue weighted by atomic mass is 31.1. The van der Waals surface area contributed by atoms with Crippen molar-refractivity contribution in [2.75, 3.05) is 12.3 Å². The van der Waals surface area contributed by atoms with Crippen molar-refractivity contribution < 1.29 is 45.3 Å². The van der Waals surface area contributed by atoms with E-state index in [0.29, 0.717) is 0 Å². The molecule has 0 aliphatic rings. The number of hydrogen-bond donors (Lipinski definition) is 2. The molecular formula is C8H14F6O4P2+2. The van der Waals surface area contributed by atoms with Gasteiger partial charge in [0.1, 0.15) is 0 Å². The van der Waals surface area contributed by atoms with Crippen LogP contribution in [0.4, 0.5) is 26.3 Å². The molecule has 0 heterocycles. The van der Waals surface area contributed by atoms with Gasteiger partial charge in [0.15, 0.2) is 12.3 Å². The molecule has 4 nitrogen and oxygen atoms in total. The smallest absolute Gasteiger partial charge is 0.171 e. The molecule has 0 bridgehead atoms. The monoisotopic (exact) mass is 350 g/mol. The van der Waals surface area contributed by atoms with Gasteiger partial charge in [-0.05, 0) is 9.13 Å². The molecule has 0 amide bonds. The van der Waals surface area contributed by atoms with Gasteiger partial charge in [-0.15, -0.1) is 0 Å². The normalized spacial score (nSPS) is 13.4. The maximum atomic E-state index is 11.3. The molecule has 0 aliphatic heterocycles. The van der Waals surface area contributed by atoms with Gasteiger partial charge in [-0.1, -0.05) is 0 Å². The van der Waals surface area contributed by atoms with E-state index in [0.717, 1.165) is 0 Å². The lowest BCUT2D eigenvalue weighted by Crippen LogP contribution is -2.06. The molecule has 20 heavy (non-hydrogen) atoms. The summed E-state index contributed by atoms with van der Waals surface area (Å²) in [6.07, 6.45) is -11.4. The summed E-state index contributed by atoms with van der Waals surface area (Å²) < 4.78 is 87.7. The number of alkyl halides is 6. The van der Waals surface area contributed by atoms with E-state index < -0.39 is 41.3 Å². The minimum absolute atomic E-state index is 0.269. The summed E-state index contributed by atoms with van der Waals surface area (Å²) >= 11 is 0. The lowest BCUT2D eigenvalue weighted by Gasteiger charge is -2.00. The fraction of sp³-hybridized carbons (Fsp3) is 1.00. The van der Waals surface area contributed by atoms with Gasteiger partial charge < -0.3 is 0 Å². The van der Waals surface area contributed by atoms with Crippen molar-refractivity contribution in [1.82, 2.24) is 0 Å². The van der Waals surface area contributed by atoms with E-state index in [2.05, 4.69) is 0 Å². The highest BCUT2D eigenvalue weighted by molar-refractivity contribution is 7.38. The van der Waals surface area contributed by atoms with Gasteiger partial charge >= 0.3 is 28.4 Å². The van der Waals surface area contributed by atoms with Crippen LogP contribution in [-0.2, 0) is 9.13 Å². The van der Waals surface area contributed by atoms with Gasteiger partial charge in [-0.25, -0.2) is 0 Å². The van der Waals surface area contributed by atoms with Crippen molar-refractivity contribution >= 4 is 16.1 Å². The third-order valence-electron chi connectivity index (χ3n) is 1.62. The van der Waals surface area contributed by atoms with E-state index >= 15 is 0 Å².